The van der Waals surface area contributed by atoms with Gasteiger partial charge >= 0.3 is 6.29 Å². The van der Waals surface area contributed by atoms with E-state index in [0.717, 1.165) is 30.2 Å². The number of aliphatic hydroxyl groups excluding tert-OH is 1. The second-order valence-corrected chi connectivity index (χ2v) is 8.58. The molecular weight excluding hydrogens is 494 g/mol. The summed E-state index contributed by atoms with van der Waals surface area (Å²) in [6.07, 6.45) is -0.862. The van der Waals surface area contributed by atoms with E-state index in [1.54, 1.807) is 23.9 Å². The molecule has 1 atom stereocenters. The van der Waals surface area contributed by atoms with Gasteiger partial charge in [0, 0.05) is 10.5 Å². The number of hydrogen-bond acceptors (Lipinski definition) is 5. The van der Waals surface area contributed by atoms with Crippen molar-refractivity contribution in [2.45, 2.75) is 80.1 Å². The predicted octanol–water partition coefficient (Wildman–Crippen LogP) is 9.05. The number of pyridine rings is 1. The summed E-state index contributed by atoms with van der Waals surface area (Å²) in [5.41, 5.74) is 2.54. The number of allylic oxidation sites excluding steroid dienone is 3. The smallest absolute Gasteiger partial charge is 0.395 e. The number of aliphatic hydroxyl groups is 1. The van der Waals surface area contributed by atoms with Crippen molar-refractivity contribution in [2.24, 2.45) is 0 Å². The predicted molar refractivity (Wildman–Crippen MR) is 139 cm³/mol. The van der Waals surface area contributed by atoms with Gasteiger partial charge in [-0.15, -0.1) is 8.78 Å². The van der Waals surface area contributed by atoms with Crippen molar-refractivity contribution in [1.82, 2.24) is 4.98 Å². The molecule has 0 spiro atoms. The molecule has 0 fully saturated rings. The Kier molecular flexibility index (Phi) is 13.0. The van der Waals surface area contributed by atoms with Crippen LogP contribution in [0.25, 0.3) is 11.3 Å². The quantitative estimate of drug-likeness (QED) is 0.363. The number of rotatable bonds is 7. The molecule has 2 heterocycles. The highest BCUT2D eigenvalue weighted by atomic mass is 32.2. The number of fused-ring (bicyclic) bond motifs is 1. The molecule has 0 aliphatic carbocycles. The Bertz CT molecular complexity index is 1040. The summed E-state index contributed by atoms with van der Waals surface area (Å²) >= 11 is 1.55. The summed E-state index contributed by atoms with van der Waals surface area (Å²) in [5, 5.41) is 11.0. The number of ether oxygens (including phenoxy) is 2. The molecule has 200 valence electrons. The fourth-order valence-corrected chi connectivity index (χ4v) is 4.19. The second kappa shape index (κ2) is 14.9. The van der Waals surface area contributed by atoms with Gasteiger partial charge in [-0.05, 0) is 68.3 Å². The van der Waals surface area contributed by atoms with Crippen molar-refractivity contribution >= 4 is 11.8 Å². The molecule has 0 amide bonds. The van der Waals surface area contributed by atoms with Crippen LogP contribution in [0.3, 0.4) is 0 Å². The average Bonchev–Trinajstić information content (AvgIpc) is 3.15. The topological polar surface area (TPSA) is 51.6 Å². The maximum absolute atomic E-state index is 13.3. The van der Waals surface area contributed by atoms with Gasteiger partial charge < -0.3 is 14.6 Å². The number of aryl methyl sites for hydroxylation is 1. The van der Waals surface area contributed by atoms with Gasteiger partial charge in [0.2, 0.25) is 6.43 Å². The minimum absolute atomic E-state index is 0.0139. The lowest BCUT2D eigenvalue weighted by molar-refractivity contribution is -0.286. The third-order valence-electron chi connectivity index (χ3n) is 4.66. The molecular formula is C27H35F4NO3S. The minimum Gasteiger partial charge on any atom is -0.395 e. The van der Waals surface area contributed by atoms with Crippen LogP contribution in [0, 0.1) is 6.92 Å². The lowest BCUT2D eigenvalue weighted by atomic mass is 10.0. The molecule has 1 aliphatic rings. The Labute approximate surface area is 215 Å². The van der Waals surface area contributed by atoms with E-state index < -0.39 is 18.8 Å². The van der Waals surface area contributed by atoms with E-state index in [9.17, 15) is 22.7 Å². The summed E-state index contributed by atoms with van der Waals surface area (Å²) < 4.78 is 56.3. The highest BCUT2D eigenvalue weighted by Crippen LogP contribution is 2.43. The van der Waals surface area contributed by atoms with Crippen LogP contribution in [-0.4, -0.2) is 22.8 Å². The maximum atomic E-state index is 13.3. The monoisotopic (exact) mass is 529 g/mol. The number of nitrogens with zero attached hydrogens (tertiary/aromatic N) is 1. The fraction of sp³-hybridized carbons (Fsp3) is 0.444. The van der Waals surface area contributed by atoms with Crippen LogP contribution in [0.1, 0.15) is 71.7 Å². The normalized spacial score (nSPS) is 15.0. The number of thioether (sulfide) groups is 1. The van der Waals surface area contributed by atoms with Gasteiger partial charge in [0.15, 0.2) is 11.5 Å². The van der Waals surface area contributed by atoms with Crippen LogP contribution < -0.4 is 9.47 Å². The Morgan fingerprint density at radius 1 is 1.11 bits per heavy atom. The highest BCUT2D eigenvalue weighted by Gasteiger charge is 2.43. The molecule has 0 saturated carbocycles. The van der Waals surface area contributed by atoms with Crippen molar-refractivity contribution in [3.63, 3.8) is 0 Å². The molecule has 2 aromatic rings. The van der Waals surface area contributed by atoms with E-state index in [0.29, 0.717) is 17.0 Å². The molecule has 4 nitrogen and oxygen atoms in total. The SMILES string of the molecule is C/C=C(\S/C(=C\CC)CC)[C@H](O)c1ccc(C)c(-c2ccc3c(c2)OC(F)(F)O3)n1.CC.CC(F)F. The van der Waals surface area contributed by atoms with Gasteiger partial charge in [0.05, 0.1) is 11.4 Å². The highest BCUT2D eigenvalue weighted by molar-refractivity contribution is 8.06. The summed E-state index contributed by atoms with van der Waals surface area (Å²) in [6.45, 7) is 12.8. The van der Waals surface area contributed by atoms with Crippen molar-refractivity contribution in [1.29, 1.82) is 0 Å². The number of benzene rings is 1. The van der Waals surface area contributed by atoms with Crippen molar-refractivity contribution in [3.05, 3.63) is 63.6 Å². The average molecular weight is 530 g/mol. The standard InChI is InChI=1S/C23H25F2NO3S.C2H4F2.C2H6/c1-5-8-16(6-2)30-20(7-3)22(27)17-11-9-14(4)21(26-17)15-10-12-18-19(13-15)29-23(24,25)28-18;1-2(3)4;1-2/h7-13,22,27H,5-6H2,1-4H3;2H,1H3;1-2H3/b16-8-,20-7-;;/t22-;;/m1../s1. The molecule has 1 aromatic heterocycles. The summed E-state index contributed by atoms with van der Waals surface area (Å²) in [6, 6.07) is 8.21. The molecule has 0 radical (unpaired) electrons. The third-order valence-corrected chi connectivity index (χ3v) is 6.07. The Balaban J connectivity index is 0.000000982. The van der Waals surface area contributed by atoms with Crippen LogP contribution >= 0.6 is 11.8 Å². The zero-order valence-electron chi connectivity index (χ0n) is 21.7. The van der Waals surface area contributed by atoms with E-state index in [-0.39, 0.29) is 11.5 Å². The van der Waals surface area contributed by atoms with Gasteiger partial charge in [0.25, 0.3) is 0 Å². The molecule has 1 N–H and O–H groups in total. The molecule has 9 heteroatoms. The fourth-order valence-electron chi connectivity index (χ4n) is 3.14. The zero-order valence-corrected chi connectivity index (χ0v) is 22.6. The van der Waals surface area contributed by atoms with E-state index in [2.05, 4.69) is 34.4 Å². The largest absolute Gasteiger partial charge is 0.586 e. The van der Waals surface area contributed by atoms with Crippen LogP contribution in [0.5, 0.6) is 11.5 Å². The number of aromatic nitrogens is 1. The maximum Gasteiger partial charge on any atom is 0.586 e. The zero-order chi connectivity index (χ0) is 27.5. The van der Waals surface area contributed by atoms with E-state index in [4.69, 9.17) is 0 Å². The van der Waals surface area contributed by atoms with Gasteiger partial charge in [0.1, 0.15) is 6.10 Å². The lowest BCUT2D eigenvalue weighted by Crippen LogP contribution is -2.25. The lowest BCUT2D eigenvalue weighted by Gasteiger charge is -2.17. The van der Waals surface area contributed by atoms with E-state index in [1.165, 1.54) is 17.0 Å². The van der Waals surface area contributed by atoms with Crippen LogP contribution in [0.2, 0.25) is 0 Å². The molecule has 3 rings (SSSR count). The van der Waals surface area contributed by atoms with E-state index in [1.807, 2.05) is 39.8 Å². The second-order valence-electron chi connectivity index (χ2n) is 7.38. The molecule has 1 aliphatic heterocycles. The first kappa shape index (κ1) is 31.5. The van der Waals surface area contributed by atoms with Gasteiger partial charge in [-0.3, -0.25) is 0 Å². The molecule has 1 aromatic carbocycles. The Morgan fingerprint density at radius 2 is 1.72 bits per heavy atom. The van der Waals surface area contributed by atoms with Crippen LogP contribution in [0.15, 0.2) is 52.3 Å². The first-order valence-electron chi connectivity index (χ1n) is 11.9. The number of hydrogen-bond donors (Lipinski definition) is 1. The third kappa shape index (κ3) is 9.17. The summed E-state index contributed by atoms with van der Waals surface area (Å²) in [5.74, 6) is -0.0494. The minimum atomic E-state index is -3.66. The van der Waals surface area contributed by atoms with Crippen molar-refractivity contribution < 1.29 is 32.1 Å². The number of halogens is 4. The molecule has 0 saturated heterocycles. The summed E-state index contributed by atoms with van der Waals surface area (Å²) in [4.78, 5) is 6.63. The van der Waals surface area contributed by atoms with Crippen molar-refractivity contribution in [2.75, 3.05) is 0 Å². The van der Waals surface area contributed by atoms with Crippen molar-refractivity contribution in [3.8, 4) is 22.8 Å². The van der Waals surface area contributed by atoms with E-state index >= 15 is 0 Å². The van der Waals surface area contributed by atoms with Gasteiger partial charge in [-0.1, -0.05) is 57.7 Å². The molecule has 0 bridgehead atoms. The summed E-state index contributed by atoms with van der Waals surface area (Å²) in [7, 11) is 0. The van der Waals surface area contributed by atoms with Crippen LogP contribution in [0.4, 0.5) is 17.6 Å². The molecule has 36 heavy (non-hydrogen) atoms. The molecule has 0 unspecified atom stereocenters. The first-order chi connectivity index (χ1) is 17.0. The number of alkyl halides is 4. The Morgan fingerprint density at radius 3 is 2.28 bits per heavy atom. The first-order valence-corrected chi connectivity index (χ1v) is 12.7. The Hall–Kier alpha value is -2.52. The van der Waals surface area contributed by atoms with Gasteiger partial charge in [-0.2, -0.15) is 0 Å². The van der Waals surface area contributed by atoms with Gasteiger partial charge in [-0.25, -0.2) is 13.8 Å². The van der Waals surface area contributed by atoms with Crippen LogP contribution in [-0.2, 0) is 0 Å².